The van der Waals surface area contributed by atoms with E-state index in [1.165, 1.54) is 22.8 Å². The molecule has 1 aliphatic rings. The minimum absolute atomic E-state index is 0.257. The lowest BCUT2D eigenvalue weighted by Crippen LogP contribution is -2.44. The highest BCUT2D eigenvalue weighted by molar-refractivity contribution is 6.06. The van der Waals surface area contributed by atoms with Crippen LogP contribution in [0.2, 0.25) is 0 Å². The van der Waals surface area contributed by atoms with Crippen molar-refractivity contribution in [2.75, 3.05) is 0 Å². The largest absolute Gasteiger partial charge is 0.342 e. The van der Waals surface area contributed by atoms with E-state index in [2.05, 4.69) is 5.32 Å². The molecule has 6 heteroatoms. The lowest BCUT2D eigenvalue weighted by atomic mass is 9.87. The maximum absolute atomic E-state index is 14.5. The van der Waals surface area contributed by atoms with Crippen LogP contribution in [0.3, 0.4) is 0 Å². The number of hydrogen-bond acceptors (Lipinski definition) is 2. The Morgan fingerprint density at radius 3 is 2.50 bits per heavy atom. The number of aryl methyl sites for hydroxylation is 1. The molecule has 1 aromatic heterocycles. The minimum atomic E-state index is -0.906. The molecule has 4 rings (SSSR count). The van der Waals surface area contributed by atoms with Gasteiger partial charge in [0.1, 0.15) is 11.6 Å². The number of rotatable bonds is 3. The average Bonchev–Trinajstić information content (AvgIpc) is 3.13. The number of carbonyl (C=O) groups excluding carboxylic acids is 1. The van der Waals surface area contributed by atoms with Gasteiger partial charge in [-0.3, -0.25) is 9.59 Å². The van der Waals surface area contributed by atoms with Crippen molar-refractivity contribution in [3.8, 4) is 0 Å². The summed E-state index contributed by atoms with van der Waals surface area (Å²) in [7, 11) is 1.65. The van der Waals surface area contributed by atoms with E-state index in [9.17, 15) is 18.4 Å². The normalized spacial score (nSPS) is 15.7. The Morgan fingerprint density at radius 2 is 1.79 bits per heavy atom. The van der Waals surface area contributed by atoms with Crippen molar-refractivity contribution < 1.29 is 13.6 Å². The topological polar surface area (TPSA) is 51.1 Å². The molecule has 0 aliphatic heterocycles. The molecule has 1 amide bonds. The Kier molecular flexibility index (Phi) is 4.49. The van der Waals surface area contributed by atoms with Crippen LogP contribution in [0.4, 0.5) is 8.78 Å². The number of para-hydroxylation sites is 1. The molecule has 4 nitrogen and oxygen atoms in total. The molecular formula is C22H20F2N2O2. The number of nitrogens with zero attached hydrogens (tertiary/aromatic N) is 1. The summed E-state index contributed by atoms with van der Waals surface area (Å²) in [6, 6.07) is 11.9. The molecule has 1 heterocycles. The zero-order valence-corrected chi connectivity index (χ0v) is 15.5. The van der Waals surface area contributed by atoms with Crippen LogP contribution in [0.5, 0.6) is 0 Å². The number of hydrogen-bond donors (Lipinski definition) is 1. The van der Waals surface area contributed by atoms with Crippen LogP contribution in [0, 0.1) is 11.6 Å². The molecule has 2 aromatic carbocycles. The third kappa shape index (κ3) is 2.99. The van der Waals surface area contributed by atoms with E-state index in [1.807, 2.05) is 0 Å². The Hall–Kier alpha value is -3.02. The Morgan fingerprint density at radius 1 is 1.07 bits per heavy atom. The van der Waals surface area contributed by atoms with Crippen molar-refractivity contribution >= 4 is 16.8 Å². The molecule has 1 N–H and O–H groups in total. The van der Waals surface area contributed by atoms with Crippen molar-refractivity contribution in [2.45, 2.75) is 31.2 Å². The van der Waals surface area contributed by atoms with Gasteiger partial charge < -0.3 is 9.88 Å². The van der Waals surface area contributed by atoms with Gasteiger partial charge in [0, 0.05) is 30.1 Å². The first-order valence-corrected chi connectivity index (χ1v) is 9.28. The summed E-state index contributed by atoms with van der Waals surface area (Å²) in [6.45, 7) is 0. The van der Waals surface area contributed by atoms with Crippen LogP contribution in [-0.2, 0) is 12.6 Å². The number of nitrogens with one attached hydrogen (secondary N) is 1. The molecule has 0 atom stereocenters. The van der Waals surface area contributed by atoms with Gasteiger partial charge in [0.25, 0.3) is 11.5 Å². The smallest absolute Gasteiger partial charge is 0.252 e. The lowest BCUT2D eigenvalue weighted by Gasteiger charge is -2.31. The maximum atomic E-state index is 14.5. The first-order valence-electron chi connectivity index (χ1n) is 9.28. The molecule has 0 saturated heterocycles. The van der Waals surface area contributed by atoms with Gasteiger partial charge in [-0.1, -0.05) is 37.1 Å². The number of pyridine rings is 1. The molecule has 1 fully saturated rings. The molecule has 1 aliphatic carbocycles. The molecule has 0 radical (unpaired) electrons. The summed E-state index contributed by atoms with van der Waals surface area (Å²) in [5, 5.41) is 3.62. The van der Waals surface area contributed by atoms with Gasteiger partial charge in [-0.05, 0) is 25.0 Å². The quantitative estimate of drug-likeness (QED) is 0.744. The highest BCUT2D eigenvalue weighted by atomic mass is 19.1. The van der Waals surface area contributed by atoms with Gasteiger partial charge in [0.05, 0.1) is 16.6 Å². The van der Waals surface area contributed by atoms with Crippen molar-refractivity contribution in [3.63, 3.8) is 0 Å². The van der Waals surface area contributed by atoms with Crippen LogP contribution in [0.25, 0.3) is 10.9 Å². The summed E-state index contributed by atoms with van der Waals surface area (Å²) in [5.74, 6) is -1.76. The number of fused-ring (bicyclic) bond motifs is 1. The predicted molar refractivity (Wildman–Crippen MR) is 103 cm³/mol. The van der Waals surface area contributed by atoms with Crippen molar-refractivity contribution in [1.82, 2.24) is 9.88 Å². The van der Waals surface area contributed by atoms with Crippen LogP contribution in [-0.4, -0.2) is 10.5 Å². The van der Waals surface area contributed by atoms with Gasteiger partial charge in [-0.15, -0.1) is 0 Å². The van der Waals surface area contributed by atoms with E-state index in [-0.39, 0.29) is 16.7 Å². The van der Waals surface area contributed by atoms with Gasteiger partial charge >= 0.3 is 0 Å². The first kappa shape index (κ1) is 18.3. The molecule has 28 heavy (non-hydrogen) atoms. The third-order valence-electron chi connectivity index (χ3n) is 5.66. The van der Waals surface area contributed by atoms with Gasteiger partial charge in [-0.2, -0.15) is 0 Å². The SMILES string of the molecule is Cn1c(=O)cc(C(=O)NC2(c3ccc(F)cc3F)CCCC2)c2ccccc21. The summed E-state index contributed by atoms with van der Waals surface area (Å²) < 4.78 is 29.4. The summed E-state index contributed by atoms with van der Waals surface area (Å²) in [4.78, 5) is 25.5. The zero-order chi connectivity index (χ0) is 19.9. The van der Waals surface area contributed by atoms with E-state index >= 15 is 0 Å². The number of carbonyl (C=O) groups is 1. The summed E-state index contributed by atoms with van der Waals surface area (Å²) in [5.41, 5.74) is -0.0110. The first-order chi connectivity index (χ1) is 13.4. The van der Waals surface area contributed by atoms with Crippen molar-refractivity contribution in [3.05, 3.63) is 81.6 Å². The number of aromatic nitrogens is 1. The number of benzene rings is 2. The monoisotopic (exact) mass is 382 g/mol. The highest BCUT2D eigenvalue weighted by Crippen LogP contribution is 2.40. The van der Waals surface area contributed by atoms with Crippen molar-refractivity contribution in [1.29, 1.82) is 0 Å². The van der Waals surface area contributed by atoms with E-state index in [0.717, 1.165) is 18.9 Å². The molecule has 144 valence electrons. The lowest BCUT2D eigenvalue weighted by molar-refractivity contribution is 0.0898. The van der Waals surface area contributed by atoms with Gasteiger partial charge in [0.15, 0.2) is 0 Å². The van der Waals surface area contributed by atoms with E-state index in [4.69, 9.17) is 0 Å². The van der Waals surface area contributed by atoms with E-state index < -0.39 is 23.1 Å². The molecule has 0 unspecified atom stereocenters. The number of halogens is 2. The Balaban J connectivity index is 1.79. The fraction of sp³-hybridized carbons (Fsp3) is 0.273. The fourth-order valence-electron chi connectivity index (χ4n) is 4.20. The van der Waals surface area contributed by atoms with E-state index in [0.29, 0.717) is 23.7 Å². The minimum Gasteiger partial charge on any atom is -0.342 e. The maximum Gasteiger partial charge on any atom is 0.252 e. The van der Waals surface area contributed by atoms with Gasteiger partial charge in [-0.25, -0.2) is 8.78 Å². The second-order valence-corrected chi connectivity index (χ2v) is 7.34. The molecule has 0 bridgehead atoms. The van der Waals surface area contributed by atoms with Crippen LogP contribution in [0.15, 0.2) is 53.3 Å². The Bertz CT molecular complexity index is 1130. The number of amides is 1. The fourth-order valence-corrected chi connectivity index (χ4v) is 4.20. The molecule has 0 spiro atoms. The molecule has 1 saturated carbocycles. The Labute approximate surface area is 160 Å². The standard InChI is InChI=1S/C22H20F2N2O2/c1-26-19-7-3-2-6-15(19)16(13-20(26)27)21(28)25-22(10-4-5-11-22)17-9-8-14(23)12-18(17)24/h2-3,6-9,12-13H,4-5,10-11H2,1H3,(H,25,28). The third-order valence-corrected chi connectivity index (χ3v) is 5.66. The summed E-state index contributed by atoms with van der Waals surface area (Å²) in [6.07, 6.45) is 2.77. The van der Waals surface area contributed by atoms with Gasteiger partial charge in [0.2, 0.25) is 0 Å². The average molecular weight is 382 g/mol. The second kappa shape index (κ2) is 6.86. The van der Waals surface area contributed by atoms with Crippen molar-refractivity contribution in [2.24, 2.45) is 7.05 Å². The van der Waals surface area contributed by atoms with Crippen LogP contribution >= 0.6 is 0 Å². The molecular weight excluding hydrogens is 362 g/mol. The predicted octanol–water partition coefficient (Wildman–Crippen LogP) is 4.02. The zero-order valence-electron chi connectivity index (χ0n) is 15.5. The summed E-state index contributed by atoms with van der Waals surface area (Å²) >= 11 is 0. The van der Waals surface area contributed by atoms with E-state index in [1.54, 1.807) is 31.3 Å². The van der Waals surface area contributed by atoms with Crippen LogP contribution < -0.4 is 10.9 Å². The second-order valence-electron chi connectivity index (χ2n) is 7.34. The molecule has 3 aromatic rings. The van der Waals surface area contributed by atoms with Crippen LogP contribution in [0.1, 0.15) is 41.6 Å². The highest BCUT2D eigenvalue weighted by Gasteiger charge is 2.39.